The number of aromatic nitrogens is 2. The van der Waals surface area contributed by atoms with Gasteiger partial charge in [-0.05, 0) is 27.7 Å². The van der Waals surface area contributed by atoms with Crippen molar-refractivity contribution in [2.45, 2.75) is 40.5 Å². The van der Waals surface area contributed by atoms with Gasteiger partial charge in [-0.15, -0.1) is 22.7 Å². The van der Waals surface area contributed by atoms with Gasteiger partial charge in [0.1, 0.15) is 0 Å². The molecule has 0 unspecified atom stereocenters. The van der Waals surface area contributed by atoms with Crippen molar-refractivity contribution in [1.29, 1.82) is 0 Å². The van der Waals surface area contributed by atoms with Crippen molar-refractivity contribution in [3.63, 3.8) is 0 Å². The first-order valence-electron chi connectivity index (χ1n) is 7.94. The number of hydrogen-bond donors (Lipinski definition) is 2. The summed E-state index contributed by atoms with van der Waals surface area (Å²) in [5.74, 6) is 0.865. The third-order valence-corrected chi connectivity index (χ3v) is 5.31. The predicted octanol–water partition coefficient (Wildman–Crippen LogP) is 2.87. The third kappa shape index (κ3) is 5.91. The Labute approximate surface area is 146 Å². The Kier molecular flexibility index (Phi) is 6.98. The van der Waals surface area contributed by atoms with Crippen LogP contribution in [0.15, 0.2) is 10.4 Å². The number of aryl methyl sites for hydroxylation is 3. The molecule has 5 nitrogen and oxygen atoms in total. The Balaban J connectivity index is 1.79. The molecule has 2 N–H and O–H groups in total. The first-order valence-corrected chi connectivity index (χ1v) is 9.64. The molecule has 2 heterocycles. The van der Waals surface area contributed by atoms with E-state index in [9.17, 15) is 0 Å². The molecule has 2 rings (SSSR count). The standard InChI is InChI=1S/C16H25N5S2/c1-5-17-16(18-8-6-14-10-22-13(4)21-14)19-9-7-15-20-11(2)12(3)23-15/h10H,5-9H2,1-4H3,(H2,17,18,19). The van der Waals surface area contributed by atoms with Gasteiger partial charge < -0.3 is 10.6 Å². The maximum absolute atomic E-state index is 4.63. The number of hydrogen-bond acceptors (Lipinski definition) is 5. The zero-order chi connectivity index (χ0) is 16.7. The van der Waals surface area contributed by atoms with Gasteiger partial charge in [-0.1, -0.05) is 0 Å². The molecule has 0 amide bonds. The minimum atomic E-state index is 0.748. The van der Waals surface area contributed by atoms with Crippen molar-refractivity contribution >= 4 is 28.6 Å². The minimum Gasteiger partial charge on any atom is -0.357 e. The van der Waals surface area contributed by atoms with E-state index >= 15 is 0 Å². The van der Waals surface area contributed by atoms with E-state index < -0.39 is 0 Å². The quantitative estimate of drug-likeness (QED) is 0.595. The van der Waals surface area contributed by atoms with Gasteiger partial charge >= 0.3 is 0 Å². The normalized spacial score (nSPS) is 11.7. The molecule has 0 atom stereocenters. The summed E-state index contributed by atoms with van der Waals surface area (Å²) in [6, 6.07) is 0. The second-order valence-electron chi connectivity index (χ2n) is 5.29. The summed E-state index contributed by atoms with van der Waals surface area (Å²) >= 11 is 3.47. The number of guanidine groups is 1. The molecule has 0 aliphatic carbocycles. The van der Waals surface area contributed by atoms with E-state index in [1.165, 1.54) is 4.88 Å². The minimum absolute atomic E-state index is 0.748. The van der Waals surface area contributed by atoms with Crippen LogP contribution in [0.25, 0.3) is 0 Å². The first-order chi connectivity index (χ1) is 11.1. The molecule has 0 aliphatic heterocycles. The summed E-state index contributed by atoms with van der Waals surface area (Å²) < 4.78 is 0. The second-order valence-corrected chi connectivity index (χ2v) is 7.64. The van der Waals surface area contributed by atoms with Crippen molar-refractivity contribution in [2.75, 3.05) is 19.6 Å². The molecular formula is C16H25N5S2. The van der Waals surface area contributed by atoms with Crippen molar-refractivity contribution in [1.82, 2.24) is 20.6 Å². The van der Waals surface area contributed by atoms with Gasteiger partial charge in [0.05, 0.1) is 21.4 Å². The predicted molar refractivity (Wildman–Crippen MR) is 99.8 cm³/mol. The number of rotatable bonds is 7. The monoisotopic (exact) mass is 351 g/mol. The molecule has 0 fully saturated rings. The summed E-state index contributed by atoms with van der Waals surface area (Å²) in [6.07, 6.45) is 1.81. The summed E-state index contributed by atoms with van der Waals surface area (Å²) in [4.78, 5) is 15.0. The van der Waals surface area contributed by atoms with Crippen molar-refractivity contribution in [3.8, 4) is 0 Å². The zero-order valence-electron chi connectivity index (χ0n) is 14.3. The van der Waals surface area contributed by atoms with E-state index in [1.54, 1.807) is 22.7 Å². The Hall–Kier alpha value is -1.47. The lowest BCUT2D eigenvalue weighted by atomic mass is 10.3. The highest BCUT2D eigenvalue weighted by Gasteiger charge is 2.04. The first kappa shape index (κ1) is 17.9. The number of thiazole rings is 2. The number of nitrogens with one attached hydrogen (secondary N) is 2. The lowest BCUT2D eigenvalue weighted by Crippen LogP contribution is -2.38. The zero-order valence-corrected chi connectivity index (χ0v) is 15.9. The van der Waals surface area contributed by atoms with Gasteiger partial charge in [-0.3, -0.25) is 4.99 Å². The highest BCUT2D eigenvalue weighted by molar-refractivity contribution is 7.11. The van der Waals surface area contributed by atoms with Gasteiger partial charge in [-0.2, -0.15) is 0 Å². The Morgan fingerprint density at radius 1 is 1.17 bits per heavy atom. The van der Waals surface area contributed by atoms with Crippen LogP contribution in [0.3, 0.4) is 0 Å². The van der Waals surface area contributed by atoms with Crippen LogP contribution >= 0.6 is 22.7 Å². The van der Waals surface area contributed by atoms with Gasteiger partial charge in [0.25, 0.3) is 0 Å². The molecule has 23 heavy (non-hydrogen) atoms. The van der Waals surface area contributed by atoms with Gasteiger partial charge in [0.15, 0.2) is 5.96 Å². The van der Waals surface area contributed by atoms with Crippen molar-refractivity contribution < 1.29 is 0 Å². The van der Waals surface area contributed by atoms with Gasteiger partial charge in [-0.25, -0.2) is 9.97 Å². The van der Waals surface area contributed by atoms with Crippen LogP contribution in [0.1, 0.15) is 33.2 Å². The Bertz CT molecular complexity index is 625. The van der Waals surface area contributed by atoms with Gasteiger partial charge in [0.2, 0.25) is 0 Å². The topological polar surface area (TPSA) is 62.2 Å². The summed E-state index contributed by atoms with van der Waals surface area (Å²) in [5.41, 5.74) is 2.28. The highest BCUT2D eigenvalue weighted by atomic mass is 32.1. The van der Waals surface area contributed by atoms with Crippen molar-refractivity contribution in [2.24, 2.45) is 4.99 Å². The lowest BCUT2D eigenvalue weighted by molar-refractivity contribution is 0.787. The lowest BCUT2D eigenvalue weighted by Gasteiger charge is -2.10. The molecule has 0 aromatic carbocycles. The Morgan fingerprint density at radius 2 is 2.00 bits per heavy atom. The molecule has 0 bridgehead atoms. The highest BCUT2D eigenvalue weighted by Crippen LogP contribution is 2.16. The maximum atomic E-state index is 4.63. The van der Waals surface area contributed by atoms with Crippen LogP contribution in [0.5, 0.6) is 0 Å². The van der Waals surface area contributed by atoms with Crippen LogP contribution < -0.4 is 10.6 Å². The molecule has 0 aliphatic rings. The summed E-state index contributed by atoms with van der Waals surface area (Å²) in [7, 11) is 0. The average molecular weight is 352 g/mol. The molecule has 126 valence electrons. The smallest absolute Gasteiger partial charge is 0.191 e. The fourth-order valence-corrected chi connectivity index (χ4v) is 3.65. The van der Waals surface area contributed by atoms with Crippen LogP contribution in [0.2, 0.25) is 0 Å². The molecule has 0 spiro atoms. The molecular weight excluding hydrogens is 326 g/mol. The number of aliphatic imine (C=N–C) groups is 1. The van der Waals surface area contributed by atoms with E-state index in [1.807, 2.05) is 6.92 Å². The molecule has 0 saturated heterocycles. The second kappa shape index (κ2) is 8.98. The fourth-order valence-electron chi connectivity index (χ4n) is 2.08. The van der Waals surface area contributed by atoms with E-state index in [4.69, 9.17) is 0 Å². The van der Waals surface area contributed by atoms with Crippen LogP contribution in [0, 0.1) is 20.8 Å². The number of nitrogens with zero attached hydrogens (tertiary/aromatic N) is 3. The largest absolute Gasteiger partial charge is 0.357 e. The molecule has 7 heteroatoms. The summed E-state index contributed by atoms with van der Waals surface area (Å²) in [6.45, 7) is 10.7. The van der Waals surface area contributed by atoms with E-state index in [2.05, 4.69) is 51.7 Å². The van der Waals surface area contributed by atoms with Crippen molar-refractivity contribution in [3.05, 3.63) is 31.7 Å². The molecule has 0 saturated carbocycles. The van der Waals surface area contributed by atoms with Crippen LogP contribution in [-0.4, -0.2) is 35.6 Å². The van der Waals surface area contributed by atoms with Crippen LogP contribution in [-0.2, 0) is 12.8 Å². The Morgan fingerprint density at radius 3 is 2.61 bits per heavy atom. The average Bonchev–Trinajstić information content (AvgIpc) is 3.05. The molecule has 2 aromatic heterocycles. The maximum Gasteiger partial charge on any atom is 0.191 e. The van der Waals surface area contributed by atoms with E-state index in [0.717, 1.165) is 59.8 Å². The SMILES string of the molecule is CCNC(=NCCc1nc(C)c(C)s1)NCCc1csc(C)n1. The summed E-state index contributed by atoms with van der Waals surface area (Å²) in [5, 5.41) is 11.1. The van der Waals surface area contributed by atoms with E-state index in [-0.39, 0.29) is 0 Å². The van der Waals surface area contributed by atoms with Crippen LogP contribution in [0.4, 0.5) is 0 Å². The molecule has 2 aromatic rings. The third-order valence-electron chi connectivity index (χ3n) is 3.35. The van der Waals surface area contributed by atoms with E-state index in [0.29, 0.717) is 0 Å². The fraction of sp³-hybridized carbons (Fsp3) is 0.562. The van der Waals surface area contributed by atoms with Gasteiger partial charge in [0, 0.05) is 42.7 Å². The molecule has 0 radical (unpaired) electrons.